The third-order valence-electron chi connectivity index (χ3n) is 6.71. The second-order valence-electron chi connectivity index (χ2n) is 8.42. The Labute approximate surface area is 174 Å². The third-order valence-corrected chi connectivity index (χ3v) is 6.71. The number of esters is 2. The number of likely N-dealkylation sites (tertiary alicyclic amines) is 1. The zero-order chi connectivity index (χ0) is 20.9. The Morgan fingerprint density at radius 1 is 1.07 bits per heavy atom. The number of carbonyl (C=O) groups excluding carboxylic acids is 3. The summed E-state index contributed by atoms with van der Waals surface area (Å²) in [4.78, 5) is 39.3. The van der Waals surface area contributed by atoms with E-state index in [2.05, 4.69) is 11.8 Å². The van der Waals surface area contributed by atoms with Crippen molar-refractivity contribution in [1.29, 1.82) is 0 Å². The van der Waals surface area contributed by atoms with Crippen molar-refractivity contribution in [2.45, 2.75) is 38.4 Å². The number of ether oxygens (including phenoxy) is 3. The average molecular weight is 412 g/mol. The Morgan fingerprint density at radius 2 is 1.87 bits per heavy atom. The van der Waals surface area contributed by atoms with Gasteiger partial charge in [0, 0.05) is 44.1 Å². The summed E-state index contributed by atoms with van der Waals surface area (Å²) < 4.78 is 15.8. The monoisotopic (exact) mass is 412 g/mol. The van der Waals surface area contributed by atoms with Gasteiger partial charge in [-0.05, 0) is 30.5 Å². The first-order chi connectivity index (χ1) is 14.4. The fraction of sp³-hybridized carbons (Fsp3) is 0.500. The molecular weight excluding hydrogens is 388 g/mol. The van der Waals surface area contributed by atoms with Gasteiger partial charge < -0.3 is 19.1 Å². The molecule has 0 radical (unpaired) electrons. The molecule has 5 rings (SSSR count). The van der Waals surface area contributed by atoms with Gasteiger partial charge in [0.05, 0.1) is 17.8 Å². The average Bonchev–Trinajstić information content (AvgIpc) is 3.41. The quantitative estimate of drug-likeness (QED) is 0.552. The van der Waals surface area contributed by atoms with E-state index in [9.17, 15) is 14.4 Å². The second-order valence-corrected chi connectivity index (χ2v) is 8.42. The molecule has 1 aromatic rings. The smallest absolute Gasteiger partial charge is 0.414 e. The Kier molecular flexibility index (Phi) is 4.54. The lowest BCUT2D eigenvalue weighted by Gasteiger charge is -2.37. The molecule has 0 unspecified atom stereocenters. The highest BCUT2D eigenvalue weighted by molar-refractivity contribution is 5.94. The number of nitrogens with zero attached hydrogens (tertiary/aromatic N) is 2. The minimum Gasteiger partial charge on any atom is -0.457 e. The molecule has 4 heterocycles. The number of rotatable bonds is 4. The van der Waals surface area contributed by atoms with Gasteiger partial charge in [-0.25, -0.2) is 14.4 Å². The molecular formula is C22H24N2O6. The van der Waals surface area contributed by atoms with Gasteiger partial charge in [-0.15, -0.1) is 0 Å². The van der Waals surface area contributed by atoms with Crippen LogP contribution in [0.1, 0.15) is 39.9 Å². The number of fused-ring (bicyclic) bond motifs is 1. The maximum Gasteiger partial charge on any atom is 0.414 e. The molecule has 1 amide bonds. The van der Waals surface area contributed by atoms with Crippen molar-refractivity contribution in [2.24, 2.45) is 0 Å². The van der Waals surface area contributed by atoms with Crippen molar-refractivity contribution < 1.29 is 28.6 Å². The van der Waals surface area contributed by atoms with Gasteiger partial charge in [-0.1, -0.05) is 6.07 Å². The van der Waals surface area contributed by atoms with Crippen LogP contribution in [0.15, 0.2) is 23.9 Å². The number of hydrogen-bond acceptors (Lipinski definition) is 7. The summed E-state index contributed by atoms with van der Waals surface area (Å²) in [5.74, 6) is -0.642. The molecule has 1 spiro atoms. The van der Waals surface area contributed by atoms with Gasteiger partial charge in [-0.3, -0.25) is 4.90 Å². The van der Waals surface area contributed by atoms with E-state index in [1.165, 1.54) is 16.5 Å². The topological polar surface area (TPSA) is 85.4 Å². The molecule has 8 heteroatoms. The molecule has 2 fully saturated rings. The van der Waals surface area contributed by atoms with Crippen LogP contribution < -0.4 is 0 Å². The van der Waals surface area contributed by atoms with Crippen LogP contribution in [-0.2, 0) is 32.0 Å². The number of piperidine rings is 1. The maximum absolute atomic E-state index is 12.3. The van der Waals surface area contributed by atoms with Crippen molar-refractivity contribution in [2.75, 3.05) is 32.8 Å². The molecule has 0 N–H and O–H groups in total. The van der Waals surface area contributed by atoms with Crippen LogP contribution >= 0.6 is 0 Å². The summed E-state index contributed by atoms with van der Waals surface area (Å²) in [5, 5.41) is 0. The Hall–Kier alpha value is -2.87. The molecule has 8 nitrogen and oxygen atoms in total. The molecule has 0 bridgehead atoms. The van der Waals surface area contributed by atoms with E-state index in [4.69, 9.17) is 14.2 Å². The number of amides is 1. The van der Waals surface area contributed by atoms with Crippen molar-refractivity contribution in [1.82, 2.24) is 9.80 Å². The molecule has 2 saturated heterocycles. The summed E-state index contributed by atoms with van der Waals surface area (Å²) >= 11 is 0. The highest BCUT2D eigenvalue weighted by Crippen LogP contribution is 2.35. The predicted molar refractivity (Wildman–Crippen MR) is 105 cm³/mol. The Morgan fingerprint density at radius 3 is 2.60 bits per heavy atom. The molecule has 0 aliphatic carbocycles. The van der Waals surface area contributed by atoms with Gasteiger partial charge in [0.1, 0.15) is 18.8 Å². The highest BCUT2D eigenvalue weighted by atomic mass is 16.6. The van der Waals surface area contributed by atoms with E-state index in [1.54, 1.807) is 0 Å². The van der Waals surface area contributed by atoms with Crippen molar-refractivity contribution in [3.8, 4) is 0 Å². The third kappa shape index (κ3) is 3.25. The largest absolute Gasteiger partial charge is 0.457 e. The fourth-order valence-electron chi connectivity index (χ4n) is 4.76. The first-order valence-electron chi connectivity index (χ1n) is 10.3. The van der Waals surface area contributed by atoms with E-state index >= 15 is 0 Å². The number of hydrogen-bond donors (Lipinski definition) is 0. The van der Waals surface area contributed by atoms with Gasteiger partial charge >= 0.3 is 18.0 Å². The van der Waals surface area contributed by atoms with Crippen LogP contribution in [0, 0.1) is 6.92 Å². The molecule has 0 saturated carbocycles. The fourth-order valence-corrected chi connectivity index (χ4v) is 4.76. The second kappa shape index (κ2) is 7.12. The van der Waals surface area contributed by atoms with Crippen LogP contribution in [0.4, 0.5) is 4.79 Å². The zero-order valence-corrected chi connectivity index (χ0v) is 16.9. The molecule has 0 atom stereocenters. The summed E-state index contributed by atoms with van der Waals surface area (Å²) in [7, 11) is 0. The van der Waals surface area contributed by atoms with E-state index in [1.807, 2.05) is 12.1 Å². The van der Waals surface area contributed by atoms with Crippen LogP contribution in [0.2, 0.25) is 0 Å². The zero-order valence-electron chi connectivity index (χ0n) is 16.9. The summed E-state index contributed by atoms with van der Waals surface area (Å²) in [6.45, 7) is 5.64. The Bertz CT molecular complexity index is 961. The van der Waals surface area contributed by atoms with E-state index in [0.29, 0.717) is 24.4 Å². The van der Waals surface area contributed by atoms with Crippen LogP contribution in [-0.4, -0.2) is 66.2 Å². The predicted octanol–water partition coefficient (Wildman–Crippen LogP) is 1.94. The minimum atomic E-state index is -0.485. The number of benzene rings is 1. The first kappa shape index (κ1) is 19.1. The van der Waals surface area contributed by atoms with Gasteiger partial charge in [0.2, 0.25) is 0 Å². The highest BCUT2D eigenvalue weighted by Gasteiger charge is 2.48. The van der Waals surface area contributed by atoms with Gasteiger partial charge in [0.15, 0.2) is 0 Å². The van der Waals surface area contributed by atoms with Gasteiger partial charge in [0.25, 0.3) is 0 Å². The van der Waals surface area contributed by atoms with Crippen LogP contribution in [0.25, 0.3) is 0 Å². The lowest BCUT2D eigenvalue weighted by Crippen LogP contribution is -2.47. The molecule has 1 aromatic carbocycles. The molecule has 4 aliphatic heterocycles. The van der Waals surface area contributed by atoms with Crippen molar-refractivity contribution in [3.05, 3.63) is 46.2 Å². The maximum atomic E-state index is 12.3. The molecule has 158 valence electrons. The number of carbonyl (C=O) groups is 3. The van der Waals surface area contributed by atoms with E-state index in [0.717, 1.165) is 50.0 Å². The molecule has 30 heavy (non-hydrogen) atoms. The lowest BCUT2D eigenvalue weighted by molar-refractivity contribution is -0.135. The normalized spacial score (nSPS) is 22.8. The summed E-state index contributed by atoms with van der Waals surface area (Å²) in [6.07, 6.45) is 3.41. The van der Waals surface area contributed by atoms with Crippen LogP contribution in [0.5, 0.6) is 0 Å². The van der Waals surface area contributed by atoms with Gasteiger partial charge in [-0.2, -0.15) is 0 Å². The SMILES string of the molecule is Cc1c(CCN2CCC3(CC2)CN(C2=CC(=O)OC2)C(=O)O3)ccc2c1COC2=O. The van der Waals surface area contributed by atoms with Crippen molar-refractivity contribution in [3.63, 3.8) is 0 Å². The van der Waals surface area contributed by atoms with Crippen LogP contribution in [0.3, 0.4) is 0 Å². The number of cyclic esters (lactones) is 2. The summed E-state index contributed by atoms with van der Waals surface area (Å²) in [6, 6.07) is 3.90. The summed E-state index contributed by atoms with van der Waals surface area (Å²) in [5.41, 5.74) is 4.18. The van der Waals surface area contributed by atoms with E-state index < -0.39 is 17.7 Å². The lowest BCUT2D eigenvalue weighted by atomic mass is 9.90. The van der Waals surface area contributed by atoms with E-state index in [-0.39, 0.29) is 12.6 Å². The molecule has 4 aliphatic rings. The first-order valence-corrected chi connectivity index (χ1v) is 10.3. The standard InChI is InChI=1S/C22H24N2O6/c1-14-15(2-3-17-18(14)12-29-20(17)26)4-7-23-8-5-22(6-9-23)13-24(21(27)30-22)16-10-19(25)28-11-16/h2-3,10H,4-9,11-13H2,1H3. The Balaban J connectivity index is 1.17. The minimum absolute atomic E-state index is 0.132. The van der Waals surface area contributed by atoms with Crippen molar-refractivity contribution >= 4 is 18.0 Å². The molecule has 0 aromatic heterocycles.